The molecule has 3 aromatic rings. The number of aliphatic carboxylic acids is 1. The van der Waals surface area contributed by atoms with Crippen LogP contribution in [-0.4, -0.2) is 58.3 Å². The van der Waals surface area contributed by atoms with E-state index in [4.69, 9.17) is 9.84 Å². The van der Waals surface area contributed by atoms with E-state index in [0.717, 1.165) is 41.5 Å². The number of ether oxygens (including phenoxy) is 1. The van der Waals surface area contributed by atoms with Crippen molar-refractivity contribution in [1.29, 1.82) is 0 Å². The van der Waals surface area contributed by atoms with Crippen molar-refractivity contribution in [3.05, 3.63) is 89.5 Å². The lowest BCUT2D eigenvalue weighted by atomic mass is 10.0. The third kappa shape index (κ3) is 7.70. The maximum Gasteiger partial charge on any atom is 0.334 e. The lowest BCUT2D eigenvalue weighted by molar-refractivity contribution is -0.147. The largest absolute Gasteiger partial charge is 0.479 e. The molecule has 4 rings (SSSR count). The number of amides is 2. The SMILES string of the molecule is CC(C)CN(C[C@H](O)C(=O)O)C(=O)N[C@@H](Cc1ccc(-c2ccccc2)cc1)C(=O)Oc1ccc2c(c1)CCC2. The van der Waals surface area contributed by atoms with Gasteiger partial charge in [0.15, 0.2) is 6.10 Å². The number of aryl methyl sites for hydroxylation is 2. The number of fused-ring (bicyclic) bond motifs is 1. The summed E-state index contributed by atoms with van der Waals surface area (Å²) in [5.41, 5.74) is 5.32. The van der Waals surface area contributed by atoms with Crippen LogP contribution in [0.15, 0.2) is 72.8 Å². The van der Waals surface area contributed by atoms with E-state index in [9.17, 15) is 19.5 Å². The molecule has 210 valence electrons. The predicted octanol–water partition coefficient (Wildman–Crippen LogP) is 4.47. The van der Waals surface area contributed by atoms with Crippen molar-refractivity contribution in [2.75, 3.05) is 13.1 Å². The molecule has 8 heteroatoms. The van der Waals surface area contributed by atoms with Gasteiger partial charge >= 0.3 is 18.0 Å². The zero-order valence-corrected chi connectivity index (χ0v) is 22.9. The lowest BCUT2D eigenvalue weighted by Gasteiger charge is -2.28. The van der Waals surface area contributed by atoms with Gasteiger partial charge < -0.3 is 25.2 Å². The third-order valence-corrected chi connectivity index (χ3v) is 6.92. The van der Waals surface area contributed by atoms with Gasteiger partial charge in [-0.1, -0.05) is 74.5 Å². The molecule has 3 aromatic carbocycles. The first-order valence-corrected chi connectivity index (χ1v) is 13.6. The van der Waals surface area contributed by atoms with Gasteiger partial charge in [0, 0.05) is 13.0 Å². The van der Waals surface area contributed by atoms with Crippen molar-refractivity contribution in [3.8, 4) is 16.9 Å². The molecule has 0 unspecified atom stereocenters. The van der Waals surface area contributed by atoms with Gasteiger partial charge in [0.1, 0.15) is 11.8 Å². The van der Waals surface area contributed by atoms with Crippen molar-refractivity contribution in [1.82, 2.24) is 10.2 Å². The minimum atomic E-state index is -1.74. The summed E-state index contributed by atoms with van der Waals surface area (Å²) < 4.78 is 5.73. The number of aliphatic hydroxyl groups excluding tert-OH is 1. The minimum absolute atomic E-state index is 0.00842. The zero-order valence-electron chi connectivity index (χ0n) is 22.9. The highest BCUT2D eigenvalue weighted by Gasteiger charge is 2.29. The van der Waals surface area contributed by atoms with Gasteiger partial charge in [0.05, 0.1) is 6.54 Å². The summed E-state index contributed by atoms with van der Waals surface area (Å²) in [6.07, 6.45) is 1.44. The van der Waals surface area contributed by atoms with Crippen LogP contribution in [0.25, 0.3) is 11.1 Å². The number of carbonyl (C=O) groups excluding carboxylic acids is 2. The van der Waals surface area contributed by atoms with E-state index in [0.29, 0.717) is 5.75 Å². The second kappa shape index (κ2) is 13.3. The molecule has 2 amide bonds. The number of rotatable bonds is 11. The Hall–Kier alpha value is -4.17. The predicted molar refractivity (Wildman–Crippen MR) is 152 cm³/mol. The summed E-state index contributed by atoms with van der Waals surface area (Å²) in [6, 6.07) is 21.6. The first-order chi connectivity index (χ1) is 19.2. The molecule has 8 nitrogen and oxygen atoms in total. The molecule has 1 aliphatic rings. The van der Waals surface area contributed by atoms with E-state index in [-0.39, 0.29) is 18.9 Å². The Morgan fingerprint density at radius 2 is 1.57 bits per heavy atom. The molecule has 0 fully saturated rings. The fraction of sp³-hybridized carbons (Fsp3) is 0.344. The molecule has 0 heterocycles. The van der Waals surface area contributed by atoms with Crippen molar-refractivity contribution in [3.63, 3.8) is 0 Å². The lowest BCUT2D eigenvalue weighted by Crippen LogP contribution is -2.53. The fourth-order valence-corrected chi connectivity index (χ4v) is 4.90. The highest BCUT2D eigenvalue weighted by atomic mass is 16.5. The number of urea groups is 1. The van der Waals surface area contributed by atoms with Crippen molar-refractivity contribution >= 4 is 18.0 Å². The van der Waals surface area contributed by atoms with Gasteiger partial charge in [0.25, 0.3) is 0 Å². The highest BCUT2D eigenvalue weighted by Crippen LogP contribution is 2.26. The average molecular weight is 545 g/mol. The van der Waals surface area contributed by atoms with Gasteiger partial charge in [-0.2, -0.15) is 0 Å². The fourth-order valence-electron chi connectivity index (χ4n) is 4.90. The van der Waals surface area contributed by atoms with Gasteiger partial charge in [0.2, 0.25) is 0 Å². The smallest absolute Gasteiger partial charge is 0.334 e. The van der Waals surface area contributed by atoms with Crippen LogP contribution in [-0.2, 0) is 28.9 Å². The molecule has 1 aliphatic carbocycles. The summed E-state index contributed by atoms with van der Waals surface area (Å²) in [5.74, 6) is -1.62. The number of hydrogen-bond donors (Lipinski definition) is 3. The Morgan fingerprint density at radius 3 is 2.25 bits per heavy atom. The van der Waals surface area contributed by atoms with Crippen molar-refractivity contribution < 1.29 is 29.3 Å². The molecular weight excluding hydrogens is 508 g/mol. The van der Waals surface area contributed by atoms with E-state index in [1.807, 2.05) is 80.6 Å². The highest BCUT2D eigenvalue weighted by molar-refractivity contribution is 5.85. The zero-order chi connectivity index (χ0) is 28.6. The Kier molecular flexibility index (Phi) is 9.56. The monoisotopic (exact) mass is 544 g/mol. The first-order valence-electron chi connectivity index (χ1n) is 13.6. The van der Waals surface area contributed by atoms with E-state index in [1.54, 1.807) is 6.07 Å². The number of carboxylic acid groups (broad SMARTS) is 1. The molecule has 0 saturated carbocycles. The van der Waals surface area contributed by atoms with Crippen molar-refractivity contribution in [2.24, 2.45) is 5.92 Å². The maximum absolute atomic E-state index is 13.4. The number of nitrogens with zero attached hydrogens (tertiary/aromatic N) is 1. The summed E-state index contributed by atoms with van der Waals surface area (Å²) in [7, 11) is 0. The summed E-state index contributed by atoms with van der Waals surface area (Å²) in [4.78, 5) is 39.2. The van der Waals surface area contributed by atoms with Crippen LogP contribution in [0.1, 0.15) is 37.0 Å². The normalized spacial score (nSPS) is 13.8. The van der Waals surface area contributed by atoms with Crippen LogP contribution >= 0.6 is 0 Å². The molecule has 3 N–H and O–H groups in total. The molecule has 0 spiro atoms. The van der Waals surface area contributed by atoms with Gasteiger partial charge in [-0.3, -0.25) is 0 Å². The van der Waals surface area contributed by atoms with Gasteiger partial charge in [-0.25, -0.2) is 14.4 Å². The molecule has 40 heavy (non-hydrogen) atoms. The second-order valence-corrected chi connectivity index (χ2v) is 10.6. The molecule has 0 saturated heterocycles. The second-order valence-electron chi connectivity index (χ2n) is 10.6. The van der Waals surface area contributed by atoms with Crippen LogP contribution in [0, 0.1) is 5.92 Å². The van der Waals surface area contributed by atoms with Crippen LogP contribution < -0.4 is 10.1 Å². The number of benzene rings is 3. The summed E-state index contributed by atoms with van der Waals surface area (Å²) >= 11 is 0. The molecule has 0 radical (unpaired) electrons. The third-order valence-electron chi connectivity index (χ3n) is 6.92. The average Bonchev–Trinajstić information content (AvgIpc) is 3.41. The number of carboxylic acids is 1. The molecule has 0 bridgehead atoms. The Balaban J connectivity index is 1.54. The molecule has 0 aliphatic heterocycles. The Labute approximate surface area is 234 Å². The topological polar surface area (TPSA) is 116 Å². The first kappa shape index (κ1) is 28.8. The number of hydrogen-bond acceptors (Lipinski definition) is 5. The summed E-state index contributed by atoms with van der Waals surface area (Å²) in [6.45, 7) is 3.55. The number of esters is 1. The van der Waals surface area contributed by atoms with Gasteiger partial charge in [-0.15, -0.1) is 0 Å². The van der Waals surface area contributed by atoms with E-state index >= 15 is 0 Å². The van der Waals surface area contributed by atoms with E-state index in [1.165, 1.54) is 10.5 Å². The van der Waals surface area contributed by atoms with Crippen LogP contribution in [0.4, 0.5) is 4.79 Å². The standard InChI is InChI=1S/C32H36N2O6/c1-21(2)19-34(20-29(35)30(36)37)32(39)33-28(31(38)40-27-16-15-24-9-6-10-26(24)18-27)17-22-11-13-25(14-12-22)23-7-4-3-5-8-23/h3-5,7-8,11-16,18,21,28-29,35H,6,9-10,17,19-20H2,1-2H3,(H,33,39)(H,36,37)/t28-,29-/m0/s1. The maximum atomic E-state index is 13.4. The van der Waals surface area contributed by atoms with Crippen molar-refractivity contribution in [2.45, 2.75) is 51.7 Å². The van der Waals surface area contributed by atoms with Crippen LogP contribution in [0.5, 0.6) is 5.75 Å². The minimum Gasteiger partial charge on any atom is -0.479 e. The molecular formula is C32H36N2O6. The molecule has 0 aromatic heterocycles. The Bertz CT molecular complexity index is 1320. The summed E-state index contributed by atoms with van der Waals surface area (Å²) in [5, 5.41) is 21.8. The Morgan fingerprint density at radius 1 is 0.900 bits per heavy atom. The quantitative estimate of drug-likeness (QED) is 0.242. The van der Waals surface area contributed by atoms with Crippen LogP contribution in [0.3, 0.4) is 0 Å². The van der Waals surface area contributed by atoms with E-state index in [2.05, 4.69) is 5.32 Å². The number of aliphatic hydroxyl groups is 1. The number of nitrogens with one attached hydrogen (secondary N) is 1. The molecule has 2 atom stereocenters. The van der Waals surface area contributed by atoms with Crippen LogP contribution in [0.2, 0.25) is 0 Å². The number of carbonyl (C=O) groups is 3. The van der Waals surface area contributed by atoms with E-state index < -0.39 is 36.7 Å². The van der Waals surface area contributed by atoms with Gasteiger partial charge in [-0.05, 0) is 65.1 Å².